The fraction of sp³-hybridized carbons (Fsp3) is 0.250. The highest BCUT2D eigenvalue weighted by atomic mass is 16.7. The molecular formula is C40H41N3O6. The molecule has 2 heterocycles. The molecule has 5 aromatic rings. The van der Waals surface area contributed by atoms with E-state index < -0.39 is 12.4 Å². The molecule has 1 amide bonds. The van der Waals surface area contributed by atoms with Crippen molar-refractivity contribution in [1.82, 2.24) is 15.2 Å². The van der Waals surface area contributed by atoms with E-state index in [1.165, 1.54) is 0 Å². The number of carbonyl (C=O) groups excluding carboxylic acids is 1. The lowest BCUT2D eigenvalue weighted by Crippen LogP contribution is -2.39. The predicted molar refractivity (Wildman–Crippen MR) is 186 cm³/mol. The van der Waals surface area contributed by atoms with Crippen molar-refractivity contribution in [2.45, 2.75) is 44.2 Å². The highest BCUT2D eigenvalue weighted by Crippen LogP contribution is 2.39. The summed E-state index contributed by atoms with van der Waals surface area (Å²) in [6.45, 7) is 1.26. The van der Waals surface area contributed by atoms with E-state index in [4.69, 9.17) is 9.47 Å². The number of nitrogens with one attached hydrogen (secondary N) is 1. The number of hydrogen-bond donors (Lipinski definition) is 4. The highest BCUT2D eigenvalue weighted by Gasteiger charge is 2.33. The molecule has 1 aliphatic heterocycles. The first-order valence-corrected chi connectivity index (χ1v) is 16.4. The number of aromatic hydroxyl groups is 1. The number of aliphatic hydroxyl groups is 2. The van der Waals surface area contributed by atoms with E-state index >= 15 is 0 Å². The average molecular weight is 660 g/mol. The van der Waals surface area contributed by atoms with E-state index in [2.05, 4.69) is 22.4 Å². The quantitative estimate of drug-likeness (QED) is 0.127. The first-order chi connectivity index (χ1) is 23.8. The van der Waals surface area contributed by atoms with Gasteiger partial charge in [-0.3, -0.25) is 9.78 Å². The van der Waals surface area contributed by atoms with E-state index in [9.17, 15) is 20.1 Å². The van der Waals surface area contributed by atoms with Gasteiger partial charge in [0.25, 0.3) is 5.91 Å². The predicted octanol–water partition coefficient (Wildman–Crippen LogP) is 6.09. The molecule has 49 heavy (non-hydrogen) atoms. The number of carbonyl (C=O) groups is 1. The maximum atomic E-state index is 12.6. The van der Waals surface area contributed by atoms with E-state index in [1.807, 2.05) is 72.6 Å². The van der Waals surface area contributed by atoms with Gasteiger partial charge in [-0.15, -0.1) is 0 Å². The van der Waals surface area contributed by atoms with E-state index in [1.54, 1.807) is 48.8 Å². The first-order valence-electron chi connectivity index (χ1n) is 16.4. The van der Waals surface area contributed by atoms with Crippen molar-refractivity contribution in [3.05, 3.63) is 155 Å². The van der Waals surface area contributed by atoms with Crippen LogP contribution in [0, 0.1) is 0 Å². The zero-order valence-electron chi connectivity index (χ0n) is 27.4. The molecule has 9 heteroatoms. The minimum atomic E-state index is -0.773. The van der Waals surface area contributed by atoms with Crippen LogP contribution in [0.4, 0.5) is 0 Å². The Morgan fingerprint density at radius 1 is 0.898 bits per heavy atom. The number of phenolic OH excluding ortho intramolecular Hbond substituents is 1. The second kappa shape index (κ2) is 16.0. The van der Waals surface area contributed by atoms with Crippen molar-refractivity contribution in [1.29, 1.82) is 0 Å². The topological polar surface area (TPSA) is 124 Å². The number of hydrogen-bond acceptors (Lipinski definition) is 8. The van der Waals surface area contributed by atoms with Crippen LogP contribution in [-0.2, 0) is 22.6 Å². The van der Waals surface area contributed by atoms with Crippen molar-refractivity contribution in [3.63, 3.8) is 0 Å². The maximum Gasteiger partial charge on any atom is 0.253 e. The standard InChI is InChI=1S/C40H41N3O6/c1-43(25-37(46)32-9-4-12-35(45)20-32)24-36-21-38(29-15-13-27(26-44)14-16-29)49-40(48-36)33-10-3-8-31(19-33)30-7-2-6-28(18-30)22-42-39(47)34-11-5-17-41-23-34/h2-20,23,36-38,40,44-46H,21-22,24-26H2,1H3,(H,42,47). The summed E-state index contributed by atoms with van der Waals surface area (Å²) in [5.41, 5.74) is 6.81. The van der Waals surface area contributed by atoms with Crippen molar-refractivity contribution in [3.8, 4) is 16.9 Å². The van der Waals surface area contributed by atoms with Crippen LogP contribution in [0.5, 0.6) is 5.75 Å². The normalized spacial score (nSPS) is 18.2. The van der Waals surface area contributed by atoms with Gasteiger partial charge >= 0.3 is 0 Å². The van der Waals surface area contributed by atoms with Gasteiger partial charge in [0.15, 0.2) is 6.29 Å². The summed E-state index contributed by atoms with van der Waals surface area (Å²) in [5.74, 6) is -0.0619. The van der Waals surface area contributed by atoms with Gasteiger partial charge in [0.2, 0.25) is 0 Å². The third-order valence-corrected chi connectivity index (χ3v) is 8.67. The van der Waals surface area contributed by atoms with Gasteiger partial charge < -0.3 is 35.0 Å². The smallest absolute Gasteiger partial charge is 0.253 e. The Hall–Kier alpha value is -4.90. The zero-order chi connectivity index (χ0) is 34.2. The third-order valence-electron chi connectivity index (χ3n) is 8.67. The molecule has 0 radical (unpaired) electrons. The summed E-state index contributed by atoms with van der Waals surface area (Å²) in [7, 11) is 1.94. The van der Waals surface area contributed by atoms with Crippen LogP contribution in [0.15, 0.2) is 122 Å². The number of nitrogens with zero attached hydrogens (tertiary/aromatic N) is 2. The molecule has 4 aromatic carbocycles. The average Bonchev–Trinajstić information content (AvgIpc) is 3.14. The Labute approximate surface area is 286 Å². The van der Waals surface area contributed by atoms with Gasteiger partial charge in [0, 0.05) is 44.0 Å². The molecule has 1 fully saturated rings. The van der Waals surface area contributed by atoms with E-state index in [-0.39, 0.29) is 30.5 Å². The molecule has 0 aliphatic carbocycles. The van der Waals surface area contributed by atoms with Gasteiger partial charge in [-0.05, 0) is 76.8 Å². The number of amides is 1. The van der Waals surface area contributed by atoms with Crippen LogP contribution in [-0.4, -0.2) is 57.4 Å². The molecule has 4 N–H and O–H groups in total. The Morgan fingerprint density at radius 3 is 2.43 bits per heavy atom. The third kappa shape index (κ3) is 8.97. The van der Waals surface area contributed by atoms with Crippen LogP contribution in [0.2, 0.25) is 0 Å². The van der Waals surface area contributed by atoms with Crippen LogP contribution in [0.3, 0.4) is 0 Å². The second-order valence-electron chi connectivity index (χ2n) is 12.4. The summed E-state index contributed by atoms with van der Waals surface area (Å²) in [6, 6.07) is 34.1. The molecule has 1 aliphatic rings. The molecular weight excluding hydrogens is 618 g/mol. The Morgan fingerprint density at radius 2 is 1.67 bits per heavy atom. The number of aliphatic hydroxyl groups excluding tert-OH is 2. The number of rotatable bonds is 12. The number of benzene rings is 4. The Kier molecular flexibility index (Phi) is 11.1. The SMILES string of the molecule is CN(CC1CC(c2ccc(CO)cc2)OC(c2cccc(-c3cccc(CNC(=O)c4cccnc4)c3)c2)O1)CC(O)c1cccc(O)c1. The number of aromatic nitrogens is 1. The van der Waals surface area contributed by atoms with E-state index in [0.29, 0.717) is 37.2 Å². The first kappa shape index (κ1) is 34.0. The van der Waals surface area contributed by atoms with Crippen molar-refractivity contribution < 1.29 is 29.6 Å². The van der Waals surface area contributed by atoms with E-state index in [0.717, 1.165) is 33.4 Å². The van der Waals surface area contributed by atoms with Gasteiger partial charge in [-0.2, -0.15) is 0 Å². The number of phenols is 1. The Balaban J connectivity index is 1.18. The molecule has 9 nitrogen and oxygen atoms in total. The van der Waals surface area contributed by atoms with Crippen molar-refractivity contribution >= 4 is 5.91 Å². The summed E-state index contributed by atoms with van der Waals surface area (Å²) in [5, 5.41) is 33.3. The zero-order valence-corrected chi connectivity index (χ0v) is 27.4. The molecule has 6 rings (SSSR count). The highest BCUT2D eigenvalue weighted by molar-refractivity contribution is 5.93. The molecule has 0 saturated carbocycles. The Bertz CT molecular complexity index is 1830. The van der Waals surface area contributed by atoms with Crippen molar-refractivity contribution in [2.24, 2.45) is 0 Å². The molecule has 1 saturated heterocycles. The fourth-order valence-corrected chi connectivity index (χ4v) is 6.10. The summed E-state index contributed by atoms with van der Waals surface area (Å²) in [4.78, 5) is 18.6. The largest absolute Gasteiger partial charge is 0.508 e. The van der Waals surface area contributed by atoms with Crippen LogP contribution in [0.1, 0.15) is 63.1 Å². The van der Waals surface area contributed by atoms with Crippen LogP contribution in [0.25, 0.3) is 11.1 Å². The lowest BCUT2D eigenvalue weighted by Gasteiger charge is -2.38. The monoisotopic (exact) mass is 659 g/mol. The summed E-state index contributed by atoms with van der Waals surface area (Å²) < 4.78 is 13.2. The minimum Gasteiger partial charge on any atom is -0.508 e. The number of ether oxygens (including phenoxy) is 2. The lowest BCUT2D eigenvalue weighted by atomic mass is 9.98. The molecule has 4 unspecified atom stereocenters. The molecule has 252 valence electrons. The summed E-state index contributed by atoms with van der Waals surface area (Å²) >= 11 is 0. The molecule has 4 atom stereocenters. The fourth-order valence-electron chi connectivity index (χ4n) is 6.10. The number of likely N-dealkylation sites (N-methyl/N-ethyl adjacent to an activating group) is 1. The minimum absolute atomic E-state index is 0.0304. The van der Waals surface area contributed by atoms with Crippen LogP contribution >= 0.6 is 0 Å². The second-order valence-corrected chi connectivity index (χ2v) is 12.4. The van der Waals surface area contributed by atoms with Crippen molar-refractivity contribution in [2.75, 3.05) is 20.1 Å². The maximum absolute atomic E-state index is 12.6. The van der Waals surface area contributed by atoms with Gasteiger partial charge in [-0.1, -0.05) is 72.8 Å². The van der Waals surface area contributed by atoms with Gasteiger partial charge in [0.1, 0.15) is 5.75 Å². The molecule has 1 aromatic heterocycles. The van der Waals surface area contributed by atoms with Crippen LogP contribution < -0.4 is 5.32 Å². The lowest BCUT2D eigenvalue weighted by molar-refractivity contribution is -0.252. The van der Waals surface area contributed by atoms with Gasteiger partial charge in [0.05, 0.1) is 30.5 Å². The molecule has 0 spiro atoms. The number of pyridine rings is 1. The molecule has 0 bridgehead atoms. The van der Waals surface area contributed by atoms with Gasteiger partial charge in [-0.25, -0.2) is 0 Å². The summed E-state index contributed by atoms with van der Waals surface area (Å²) in [6.07, 6.45) is 1.91.